The van der Waals surface area contributed by atoms with Crippen molar-refractivity contribution in [3.05, 3.63) is 64.3 Å². The molecule has 3 aromatic rings. The molecule has 1 aliphatic carbocycles. The van der Waals surface area contributed by atoms with Crippen molar-refractivity contribution < 1.29 is 16.8 Å². The standard InChI is InChI=1S/C22H25ClN6O4S2/c1-13-9-18(10-14(2)21(13)34(24,30)31)27-22-25-12-19(23)20(28-22)16-5-3-15(4-6-16)11-26-35(32,33)29-17-7-8-17/h3-6,9-10,12,17,26,29H,7-8,11H2,1-2H3,(H2,24,30,31)(H,25,27,28). The lowest BCUT2D eigenvalue weighted by molar-refractivity contribution is 0.565. The van der Waals surface area contributed by atoms with Gasteiger partial charge in [-0.1, -0.05) is 35.9 Å². The molecule has 186 valence electrons. The van der Waals surface area contributed by atoms with Gasteiger partial charge >= 0.3 is 0 Å². The molecular weight excluding hydrogens is 512 g/mol. The summed E-state index contributed by atoms with van der Waals surface area (Å²) in [5.74, 6) is 0.273. The number of benzene rings is 2. The number of nitrogens with two attached hydrogens (primary N) is 1. The summed E-state index contributed by atoms with van der Waals surface area (Å²) in [6.07, 6.45) is 3.20. The lowest BCUT2D eigenvalue weighted by Gasteiger charge is -2.13. The minimum atomic E-state index is -3.84. The van der Waals surface area contributed by atoms with Gasteiger partial charge in [-0.15, -0.1) is 0 Å². The number of nitrogens with zero attached hydrogens (tertiary/aromatic N) is 2. The minimum Gasteiger partial charge on any atom is -0.324 e. The molecule has 1 heterocycles. The lowest BCUT2D eigenvalue weighted by atomic mass is 10.1. The zero-order chi connectivity index (χ0) is 25.4. The van der Waals surface area contributed by atoms with Crippen LogP contribution in [0.1, 0.15) is 29.5 Å². The van der Waals surface area contributed by atoms with E-state index < -0.39 is 20.2 Å². The van der Waals surface area contributed by atoms with Gasteiger partial charge in [0.1, 0.15) is 0 Å². The first-order valence-corrected chi connectivity index (χ1v) is 14.1. The van der Waals surface area contributed by atoms with Crippen LogP contribution < -0.4 is 19.9 Å². The zero-order valence-electron chi connectivity index (χ0n) is 19.0. The molecule has 35 heavy (non-hydrogen) atoms. The molecule has 1 aromatic heterocycles. The third-order valence-corrected chi connectivity index (χ3v) is 8.00. The first-order chi connectivity index (χ1) is 16.4. The third kappa shape index (κ3) is 6.54. The molecule has 0 unspecified atom stereocenters. The Bertz CT molecular complexity index is 1450. The van der Waals surface area contributed by atoms with Crippen molar-refractivity contribution in [2.24, 2.45) is 5.14 Å². The number of hydrogen-bond donors (Lipinski definition) is 4. The van der Waals surface area contributed by atoms with Crippen LogP contribution in [0.3, 0.4) is 0 Å². The van der Waals surface area contributed by atoms with E-state index in [0.717, 1.165) is 24.0 Å². The largest absolute Gasteiger partial charge is 0.324 e. The Labute approximate surface area is 209 Å². The van der Waals surface area contributed by atoms with Crippen LogP contribution in [0.4, 0.5) is 11.6 Å². The molecule has 2 aromatic carbocycles. The molecule has 0 aliphatic heterocycles. The summed E-state index contributed by atoms with van der Waals surface area (Å²) in [5, 5.41) is 8.72. The Morgan fingerprint density at radius 1 is 1.06 bits per heavy atom. The Hall–Kier alpha value is -2.61. The number of hydrogen-bond acceptors (Lipinski definition) is 7. The van der Waals surface area contributed by atoms with E-state index in [-0.39, 0.29) is 23.4 Å². The summed E-state index contributed by atoms with van der Waals surface area (Å²) in [4.78, 5) is 8.81. The number of rotatable bonds is 9. The lowest BCUT2D eigenvalue weighted by Crippen LogP contribution is -2.37. The summed E-state index contributed by atoms with van der Waals surface area (Å²) < 4.78 is 52.7. The minimum absolute atomic E-state index is 0.0389. The molecule has 10 nitrogen and oxygen atoms in total. The van der Waals surface area contributed by atoms with Crippen molar-refractivity contribution in [2.75, 3.05) is 5.32 Å². The van der Waals surface area contributed by atoms with E-state index in [2.05, 4.69) is 24.7 Å². The Balaban J connectivity index is 1.50. The van der Waals surface area contributed by atoms with Gasteiger partial charge in [0, 0.05) is 23.8 Å². The van der Waals surface area contributed by atoms with E-state index >= 15 is 0 Å². The highest BCUT2D eigenvalue weighted by molar-refractivity contribution is 7.89. The second-order valence-electron chi connectivity index (χ2n) is 8.41. The Morgan fingerprint density at radius 3 is 2.26 bits per heavy atom. The van der Waals surface area contributed by atoms with Crippen LogP contribution in [-0.2, 0) is 26.8 Å². The Kier molecular flexibility index (Phi) is 7.13. The maximum Gasteiger partial charge on any atom is 0.277 e. The maximum atomic E-state index is 12.0. The monoisotopic (exact) mass is 536 g/mol. The third-order valence-electron chi connectivity index (χ3n) is 5.34. The topological polar surface area (TPSA) is 156 Å². The highest BCUT2D eigenvalue weighted by Crippen LogP contribution is 2.29. The fraction of sp³-hybridized carbons (Fsp3) is 0.273. The fourth-order valence-corrected chi connectivity index (χ4v) is 5.98. The van der Waals surface area contributed by atoms with Crippen LogP contribution >= 0.6 is 11.6 Å². The number of sulfonamides is 1. The molecule has 0 saturated heterocycles. The van der Waals surface area contributed by atoms with Crippen molar-refractivity contribution in [3.63, 3.8) is 0 Å². The van der Waals surface area contributed by atoms with Gasteiger partial charge in [-0.05, 0) is 55.5 Å². The maximum absolute atomic E-state index is 12.0. The quantitative estimate of drug-likeness (QED) is 0.327. The summed E-state index contributed by atoms with van der Waals surface area (Å²) in [6, 6.07) is 10.5. The smallest absolute Gasteiger partial charge is 0.277 e. The first kappa shape index (κ1) is 25.5. The van der Waals surface area contributed by atoms with E-state index in [1.807, 2.05) is 0 Å². The van der Waals surface area contributed by atoms with E-state index in [9.17, 15) is 16.8 Å². The number of aryl methyl sites for hydroxylation is 2. The second-order valence-corrected chi connectivity index (χ2v) is 11.8. The van der Waals surface area contributed by atoms with Gasteiger partial charge in [-0.3, -0.25) is 0 Å². The molecule has 0 bridgehead atoms. The van der Waals surface area contributed by atoms with Crippen LogP contribution in [0.15, 0.2) is 47.5 Å². The molecule has 4 rings (SSSR count). The molecule has 5 N–H and O–H groups in total. The SMILES string of the molecule is Cc1cc(Nc2ncc(Cl)c(-c3ccc(CNS(=O)(=O)NC4CC4)cc3)n2)cc(C)c1S(N)(=O)=O. The van der Waals surface area contributed by atoms with E-state index in [0.29, 0.717) is 27.5 Å². The molecular formula is C22H25ClN6O4S2. The van der Waals surface area contributed by atoms with Gasteiger partial charge in [0.25, 0.3) is 10.2 Å². The highest BCUT2D eigenvalue weighted by atomic mass is 35.5. The summed E-state index contributed by atoms with van der Waals surface area (Å²) >= 11 is 6.34. The second kappa shape index (κ2) is 9.80. The molecule has 13 heteroatoms. The average molecular weight is 537 g/mol. The van der Waals surface area contributed by atoms with Crippen LogP contribution in [0.2, 0.25) is 5.02 Å². The highest BCUT2D eigenvalue weighted by Gasteiger charge is 2.26. The van der Waals surface area contributed by atoms with Crippen molar-refractivity contribution >= 4 is 43.5 Å². The normalized spacial score (nSPS) is 14.2. The molecule has 0 atom stereocenters. The summed E-state index contributed by atoms with van der Waals surface area (Å²) in [7, 11) is -7.37. The molecule has 0 spiro atoms. The predicted octanol–water partition coefficient (Wildman–Crippen LogP) is 2.89. The molecule has 1 aliphatic rings. The Morgan fingerprint density at radius 2 is 1.69 bits per heavy atom. The van der Waals surface area contributed by atoms with E-state index in [4.69, 9.17) is 16.7 Å². The van der Waals surface area contributed by atoms with Crippen LogP contribution in [0, 0.1) is 13.8 Å². The van der Waals surface area contributed by atoms with Gasteiger partial charge in [-0.2, -0.15) is 17.9 Å². The summed E-state index contributed by atoms with van der Waals surface area (Å²) in [5.41, 5.74) is 3.59. The van der Waals surface area contributed by atoms with Gasteiger partial charge < -0.3 is 5.32 Å². The first-order valence-electron chi connectivity index (χ1n) is 10.7. The number of halogens is 1. The van der Waals surface area contributed by atoms with Crippen molar-refractivity contribution in [1.82, 2.24) is 19.4 Å². The van der Waals surface area contributed by atoms with Crippen molar-refractivity contribution in [3.8, 4) is 11.3 Å². The zero-order valence-corrected chi connectivity index (χ0v) is 21.4. The molecule has 0 amide bonds. The fourth-order valence-electron chi connectivity index (χ4n) is 3.65. The van der Waals surface area contributed by atoms with Crippen LogP contribution in [-0.4, -0.2) is 32.8 Å². The molecule has 1 saturated carbocycles. The predicted molar refractivity (Wildman–Crippen MR) is 135 cm³/mol. The van der Waals surface area contributed by atoms with Gasteiger partial charge in [0.15, 0.2) is 0 Å². The molecule has 1 fully saturated rings. The number of primary sulfonamides is 1. The van der Waals surface area contributed by atoms with E-state index in [1.165, 1.54) is 6.20 Å². The molecule has 0 radical (unpaired) electrons. The number of aromatic nitrogens is 2. The van der Waals surface area contributed by atoms with Crippen molar-refractivity contribution in [1.29, 1.82) is 0 Å². The number of anilines is 2. The van der Waals surface area contributed by atoms with Crippen molar-refractivity contribution in [2.45, 2.75) is 44.2 Å². The van der Waals surface area contributed by atoms with Gasteiger partial charge in [0.05, 0.1) is 21.8 Å². The number of nitrogens with one attached hydrogen (secondary N) is 3. The van der Waals surface area contributed by atoms with Gasteiger partial charge in [0.2, 0.25) is 16.0 Å². The van der Waals surface area contributed by atoms with E-state index in [1.54, 1.807) is 50.2 Å². The van der Waals surface area contributed by atoms with Crippen LogP contribution in [0.25, 0.3) is 11.3 Å². The average Bonchev–Trinajstić information content (AvgIpc) is 3.56. The summed E-state index contributed by atoms with van der Waals surface area (Å²) in [6.45, 7) is 3.48. The van der Waals surface area contributed by atoms with Gasteiger partial charge in [-0.25, -0.2) is 23.5 Å². The van der Waals surface area contributed by atoms with Crippen LogP contribution in [0.5, 0.6) is 0 Å².